The van der Waals surface area contributed by atoms with E-state index < -0.39 is 11.6 Å². The highest BCUT2D eigenvalue weighted by Gasteiger charge is 2.35. The first kappa shape index (κ1) is 33.7. The van der Waals surface area contributed by atoms with Gasteiger partial charge in [-0.2, -0.15) is 0 Å². The number of nitrogens with zero attached hydrogens (tertiary/aromatic N) is 2. The Morgan fingerprint density at radius 2 is 1.37 bits per heavy atom. The van der Waals surface area contributed by atoms with Crippen molar-refractivity contribution in [2.24, 2.45) is 0 Å². The van der Waals surface area contributed by atoms with Gasteiger partial charge in [0.05, 0.1) is 12.3 Å². The minimum Gasteiger partial charge on any atom is -0.487 e. The van der Waals surface area contributed by atoms with Crippen LogP contribution in [-0.4, -0.2) is 35.8 Å². The van der Waals surface area contributed by atoms with Gasteiger partial charge < -0.3 is 23.7 Å². The van der Waals surface area contributed by atoms with Crippen molar-refractivity contribution in [3.8, 4) is 28.6 Å². The molecule has 9 nitrogen and oxygen atoms in total. The molecule has 1 aromatic heterocycles. The normalized spacial score (nSPS) is 13.2. The zero-order valence-electron chi connectivity index (χ0n) is 29.0. The topological polar surface area (TPSA) is 96.4 Å². The van der Waals surface area contributed by atoms with Crippen LogP contribution in [0.1, 0.15) is 58.9 Å². The van der Waals surface area contributed by atoms with E-state index in [4.69, 9.17) is 28.7 Å². The summed E-state index contributed by atoms with van der Waals surface area (Å²) in [4.78, 5) is 34.0. The Morgan fingerprint density at radius 3 is 2.00 bits per heavy atom. The summed E-state index contributed by atoms with van der Waals surface area (Å²) in [6.45, 7) is 6.76. The highest BCUT2D eigenvalue weighted by molar-refractivity contribution is 5.98. The number of hydrogen-bond donors (Lipinski definition) is 0. The highest BCUT2D eigenvalue weighted by atomic mass is 16.6. The number of carbonyl (C=O) groups is 2. The fourth-order valence-corrected chi connectivity index (χ4v) is 6.19. The second kappa shape index (κ2) is 14.6. The Balaban J connectivity index is 1.34. The maximum atomic E-state index is 14.1. The van der Waals surface area contributed by atoms with Crippen LogP contribution in [0.4, 0.5) is 10.5 Å². The van der Waals surface area contributed by atoms with Crippen molar-refractivity contribution < 1.29 is 33.3 Å². The van der Waals surface area contributed by atoms with Crippen molar-refractivity contribution in [1.29, 1.82) is 0 Å². The van der Waals surface area contributed by atoms with Crippen molar-refractivity contribution in [3.63, 3.8) is 0 Å². The van der Waals surface area contributed by atoms with Gasteiger partial charge in [0, 0.05) is 18.5 Å². The van der Waals surface area contributed by atoms with Gasteiger partial charge >= 0.3 is 12.1 Å². The molecule has 1 amide bonds. The van der Waals surface area contributed by atoms with Crippen LogP contribution < -0.4 is 19.1 Å². The van der Waals surface area contributed by atoms with Crippen molar-refractivity contribution >= 4 is 17.7 Å². The average molecular weight is 685 g/mol. The lowest BCUT2D eigenvalue weighted by Gasteiger charge is -2.25. The van der Waals surface area contributed by atoms with E-state index >= 15 is 0 Å². The van der Waals surface area contributed by atoms with Gasteiger partial charge in [-0.1, -0.05) is 91.0 Å². The lowest BCUT2D eigenvalue weighted by Crippen LogP contribution is -2.35. The molecule has 260 valence electrons. The smallest absolute Gasteiger partial charge is 0.414 e. The number of fused-ring (bicyclic) bond motifs is 4. The predicted molar refractivity (Wildman–Crippen MR) is 193 cm³/mol. The van der Waals surface area contributed by atoms with Crippen LogP contribution in [0.2, 0.25) is 0 Å². The summed E-state index contributed by atoms with van der Waals surface area (Å²) in [6, 6.07) is 33.0. The van der Waals surface area contributed by atoms with E-state index in [2.05, 4.69) is 6.07 Å². The number of amides is 1. The van der Waals surface area contributed by atoms with Gasteiger partial charge in [0.1, 0.15) is 31.1 Å². The van der Waals surface area contributed by atoms with Gasteiger partial charge in [0.15, 0.2) is 17.1 Å². The van der Waals surface area contributed by atoms with Crippen LogP contribution in [0.15, 0.2) is 103 Å². The summed E-state index contributed by atoms with van der Waals surface area (Å²) in [6.07, 6.45) is 0.806. The van der Waals surface area contributed by atoms with E-state index in [1.807, 2.05) is 118 Å². The second-order valence-electron chi connectivity index (χ2n) is 13.5. The van der Waals surface area contributed by atoms with Crippen molar-refractivity contribution in [2.45, 2.75) is 59.0 Å². The number of carbonyl (C=O) groups excluding carboxylic acids is 2. The summed E-state index contributed by atoms with van der Waals surface area (Å²) in [7, 11) is 0. The number of ether oxygens (including phenoxy) is 5. The standard InChI is InChI=1S/C42H40N2O7/c1-42(2,3)51-41(46)44-21-19-32-23-33-31(24-34(32)44)20-22-47-38-36(33)43-39(49-26-29-15-9-5-10-16-29)35(37(38)48-25-28-13-7-4-8-14-28)40(45)50-27-30-17-11-6-12-18-30/h4-18,23-24H,19-22,25-27H2,1-3H3. The first-order valence-corrected chi connectivity index (χ1v) is 17.2. The molecular formula is C42H40N2O7. The molecule has 0 fully saturated rings. The van der Waals surface area contributed by atoms with Gasteiger partial charge in [-0.15, -0.1) is 0 Å². The third-order valence-corrected chi connectivity index (χ3v) is 8.62. The lowest BCUT2D eigenvalue weighted by atomic mass is 9.96. The Morgan fingerprint density at radius 1 is 0.765 bits per heavy atom. The van der Waals surface area contributed by atoms with Crippen molar-refractivity contribution in [1.82, 2.24) is 4.98 Å². The van der Waals surface area contributed by atoms with Crippen LogP contribution in [0.25, 0.3) is 11.3 Å². The Kier molecular flexibility index (Phi) is 9.61. The summed E-state index contributed by atoms with van der Waals surface area (Å²) in [5, 5.41) is 0. The summed E-state index contributed by atoms with van der Waals surface area (Å²) >= 11 is 0. The minimum absolute atomic E-state index is 0.0526. The van der Waals surface area contributed by atoms with Crippen molar-refractivity contribution in [3.05, 3.63) is 137 Å². The van der Waals surface area contributed by atoms with Gasteiger partial charge in [-0.05, 0) is 67.1 Å². The molecule has 4 aromatic carbocycles. The third-order valence-electron chi connectivity index (χ3n) is 8.62. The number of pyridine rings is 1. The van der Waals surface area contributed by atoms with Crippen LogP contribution in [0.3, 0.4) is 0 Å². The molecule has 0 atom stereocenters. The molecular weight excluding hydrogens is 644 g/mol. The number of hydrogen-bond acceptors (Lipinski definition) is 8. The molecule has 2 aliphatic rings. The average Bonchev–Trinajstić information content (AvgIpc) is 3.47. The Bertz CT molecular complexity index is 2030. The molecule has 9 heteroatoms. The van der Waals surface area contributed by atoms with Crippen molar-refractivity contribution in [2.75, 3.05) is 18.1 Å². The molecule has 3 heterocycles. The van der Waals surface area contributed by atoms with E-state index in [1.165, 1.54) is 0 Å². The molecule has 0 spiro atoms. The molecule has 0 unspecified atom stereocenters. The number of benzene rings is 4. The quantitative estimate of drug-likeness (QED) is 0.143. The zero-order chi connectivity index (χ0) is 35.4. The fourth-order valence-electron chi connectivity index (χ4n) is 6.19. The predicted octanol–water partition coefficient (Wildman–Crippen LogP) is 8.50. The molecule has 7 rings (SSSR count). The summed E-state index contributed by atoms with van der Waals surface area (Å²) in [5.74, 6) is -0.0274. The van der Waals surface area contributed by atoms with Crippen LogP contribution in [-0.2, 0) is 42.1 Å². The summed E-state index contributed by atoms with van der Waals surface area (Å²) < 4.78 is 30.9. The maximum Gasteiger partial charge on any atom is 0.414 e. The third kappa shape index (κ3) is 7.67. The fraction of sp³-hybridized carbons (Fsp3) is 0.262. The molecule has 51 heavy (non-hydrogen) atoms. The van der Waals surface area contributed by atoms with E-state index in [1.54, 1.807) is 4.90 Å². The Hall–Kier alpha value is -5.83. The molecule has 0 bridgehead atoms. The van der Waals surface area contributed by atoms with Gasteiger partial charge in [0.25, 0.3) is 0 Å². The molecule has 2 aliphatic heterocycles. The van der Waals surface area contributed by atoms with E-state index in [9.17, 15) is 9.59 Å². The minimum atomic E-state index is -0.643. The van der Waals surface area contributed by atoms with E-state index in [0.29, 0.717) is 30.8 Å². The largest absolute Gasteiger partial charge is 0.487 e. The number of aromatic nitrogens is 1. The molecule has 0 N–H and O–H groups in total. The molecule has 0 radical (unpaired) electrons. The van der Waals surface area contributed by atoms with Gasteiger partial charge in [-0.3, -0.25) is 4.90 Å². The van der Waals surface area contributed by atoms with Crippen LogP contribution in [0.5, 0.6) is 17.4 Å². The van der Waals surface area contributed by atoms with Crippen LogP contribution >= 0.6 is 0 Å². The molecule has 0 saturated heterocycles. The highest BCUT2D eigenvalue weighted by Crippen LogP contribution is 2.48. The first-order valence-electron chi connectivity index (χ1n) is 17.2. The molecule has 5 aromatic rings. The molecule has 0 aliphatic carbocycles. The Labute approximate surface area is 297 Å². The summed E-state index contributed by atoms with van der Waals surface area (Å²) in [5.41, 5.74) is 6.15. The maximum absolute atomic E-state index is 14.1. The number of esters is 1. The number of anilines is 1. The van der Waals surface area contributed by atoms with Gasteiger partial charge in [-0.25, -0.2) is 14.6 Å². The van der Waals surface area contributed by atoms with Crippen LogP contribution in [0, 0.1) is 0 Å². The monoisotopic (exact) mass is 684 g/mol. The first-order chi connectivity index (χ1) is 24.7. The van der Waals surface area contributed by atoms with Gasteiger partial charge in [0.2, 0.25) is 5.88 Å². The zero-order valence-corrected chi connectivity index (χ0v) is 29.0. The molecule has 0 saturated carbocycles. The lowest BCUT2D eigenvalue weighted by molar-refractivity contribution is 0.0458. The van der Waals surface area contributed by atoms with E-state index in [0.717, 1.165) is 39.1 Å². The number of rotatable bonds is 9. The SMILES string of the molecule is CC(C)(C)OC(=O)N1CCc2cc3c(cc21)CCOc1c-3nc(OCc2ccccc2)c(C(=O)OCc2ccccc2)c1OCc1ccccc1. The van der Waals surface area contributed by atoms with E-state index in [-0.39, 0.29) is 49.7 Å². The second-order valence-corrected chi connectivity index (χ2v) is 13.5.